The lowest BCUT2D eigenvalue weighted by atomic mass is 10.1. The van der Waals surface area contributed by atoms with Gasteiger partial charge in [-0.2, -0.15) is 9.61 Å². The molecule has 0 saturated carbocycles. The van der Waals surface area contributed by atoms with Crippen LogP contribution in [-0.4, -0.2) is 51.5 Å². The van der Waals surface area contributed by atoms with E-state index < -0.39 is 0 Å². The number of H-pyrrole nitrogens is 1. The number of fused-ring (bicyclic) bond motifs is 1. The number of nitrogens with zero attached hydrogens (tertiary/aromatic N) is 3. The van der Waals surface area contributed by atoms with Gasteiger partial charge in [0, 0.05) is 19.2 Å². The van der Waals surface area contributed by atoms with E-state index in [1.54, 1.807) is 7.11 Å². The van der Waals surface area contributed by atoms with Crippen molar-refractivity contribution in [3.63, 3.8) is 0 Å². The number of aryl methyl sites for hydroxylation is 1. The van der Waals surface area contributed by atoms with Gasteiger partial charge in [-0.1, -0.05) is 42.1 Å². The molecule has 9 heteroatoms. The highest BCUT2D eigenvalue weighted by atomic mass is 32.2. The topological polar surface area (TPSA) is 101 Å². The maximum Gasteiger partial charge on any atom is 0.350 e. The fourth-order valence-electron chi connectivity index (χ4n) is 2.52. The molecule has 2 heterocycles. The van der Waals surface area contributed by atoms with Crippen molar-refractivity contribution in [2.45, 2.75) is 12.1 Å². The second kappa shape index (κ2) is 8.15. The molecule has 3 aromatic rings. The van der Waals surface area contributed by atoms with E-state index in [0.717, 1.165) is 11.1 Å². The normalized spacial score (nSPS) is 11.0. The summed E-state index contributed by atoms with van der Waals surface area (Å²) in [4.78, 5) is 31.3. The minimum absolute atomic E-state index is 0.149. The summed E-state index contributed by atoms with van der Waals surface area (Å²) < 4.78 is 6.14. The predicted molar refractivity (Wildman–Crippen MR) is 99.4 cm³/mol. The van der Waals surface area contributed by atoms with Crippen LogP contribution < -0.4 is 11.0 Å². The standard InChI is InChI=1S/C17H19N5O3S/c1-11-14(12-6-4-3-5-7-12)15-19-16(20-17(24)22(15)21-11)26-10-13(23)18-8-9-25-2/h3-7H,8-10H2,1-2H3,(H,18,23)(H,19,20,24). The molecule has 1 aromatic carbocycles. The van der Waals surface area contributed by atoms with Crippen LogP contribution in [0.4, 0.5) is 0 Å². The number of nitrogens with one attached hydrogen (secondary N) is 2. The Kier molecular flexibility index (Phi) is 5.69. The van der Waals surface area contributed by atoms with Gasteiger partial charge in [0.05, 0.1) is 18.1 Å². The smallest absolute Gasteiger partial charge is 0.350 e. The zero-order valence-electron chi connectivity index (χ0n) is 14.5. The first-order valence-electron chi connectivity index (χ1n) is 8.03. The summed E-state index contributed by atoms with van der Waals surface area (Å²) in [6.45, 7) is 2.73. The zero-order valence-corrected chi connectivity index (χ0v) is 15.3. The molecular formula is C17H19N5O3S. The van der Waals surface area contributed by atoms with Crippen LogP contribution in [0.3, 0.4) is 0 Å². The quantitative estimate of drug-likeness (QED) is 0.477. The van der Waals surface area contributed by atoms with E-state index in [0.29, 0.717) is 29.6 Å². The molecule has 0 saturated heterocycles. The number of rotatable bonds is 7. The third-order valence-corrected chi connectivity index (χ3v) is 4.55. The van der Waals surface area contributed by atoms with Gasteiger partial charge in [0.1, 0.15) is 0 Å². The van der Waals surface area contributed by atoms with Crippen LogP contribution >= 0.6 is 11.8 Å². The molecule has 0 radical (unpaired) electrons. The number of aromatic nitrogens is 4. The van der Waals surface area contributed by atoms with Gasteiger partial charge in [0.2, 0.25) is 5.91 Å². The molecule has 0 unspecified atom stereocenters. The molecular weight excluding hydrogens is 354 g/mol. The Morgan fingerprint density at radius 1 is 1.35 bits per heavy atom. The van der Waals surface area contributed by atoms with Crippen molar-refractivity contribution in [2.24, 2.45) is 0 Å². The molecule has 26 heavy (non-hydrogen) atoms. The van der Waals surface area contributed by atoms with Crippen LogP contribution in [0.5, 0.6) is 0 Å². The van der Waals surface area contributed by atoms with E-state index in [1.165, 1.54) is 16.3 Å². The predicted octanol–water partition coefficient (Wildman–Crippen LogP) is 1.25. The van der Waals surface area contributed by atoms with Gasteiger partial charge < -0.3 is 10.1 Å². The fourth-order valence-corrected chi connectivity index (χ4v) is 3.20. The van der Waals surface area contributed by atoms with Crippen LogP contribution in [0.1, 0.15) is 5.69 Å². The summed E-state index contributed by atoms with van der Waals surface area (Å²) in [6.07, 6.45) is 0. The Labute approximate surface area is 154 Å². The Morgan fingerprint density at radius 3 is 2.85 bits per heavy atom. The molecule has 8 nitrogen and oxygen atoms in total. The molecule has 0 aliphatic heterocycles. The van der Waals surface area contributed by atoms with Crippen LogP contribution in [0, 0.1) is 6.92 Å². The fraction of sp³-hybridized carbons (Fsp3) is 0.294. The summed E-state index contributed by atoms with van der Waals surface area (Å²) in [6, 6.07) is 9.66. The summed E-state index contributed by atoms with van der Waals surface area (Å²) in [5.41, 5.74) is 2.55. The second-order valence-electron chi connectivity index (χ2n) is 5.54. The Balaban J connectivity index is 1.87. The number of carbonyl (C=O) groups excluding carboxylic acids is 1. The number of amides is 1. The zero-order chi connectivity index (χ0) is 18.5. The van der Waals surface area contributed by atoms with E-state index in [-0.39, 0.29) is 17.3 Å². The highest BCUT2D eigenvalue weighted by molar-refractivity contribution is 7.99. The highest BCUT2D eigenvalue weighted by Crippen LogP contribution is 2.26. The lowest BCUT2D eigenvalue weighted by Crippen LogP contribution is -2.28. The summed E-state index contributed by atoms with van der Waals surface area (Å²) in [5.74, 6) is -0.00100. The number of hydrogen-bond acceptors (Lipinski definition) is 6. The van der Waals surface area contributed by atoms with Crippen molar-refractivity contribution in [3.8, 4) is 11.1 Å². The number of aromatic amines is 1. The van der Waals surface area contributed by atoms with Crippen molar-refractivity contribution >= 4 is 23.3 Å². The van der Waals surface area contributed by atoms with E-state index in [9.17, 15) is 9.59 Å². The van der Waals surface area contributed by atoms with Gasteiger partial charge in [-0.3, -0.25) is 9.78 Å². The molecule has 1 amide bonds. The Morgan fingerprint density at radius 2 is 2.12 bits per heavy atom. The molecule has 0 aliphatic carbocycles. The third kappa shape index (κ3) is 3.94. The van der Waals surface area contributed by atoms with Crippen LogP contribution in [0.25, 0.3) is 16.8 Å². The molecule has 136 valence electrons. The molecule has 0 fully saturated rings. The van der Waals surface area contributed by atoms with E-state index in [1.807, 2.05) is 37.3 Å². The maximum atomic E-state index is 12.3. The molecule has 0 bridgehead atoms. The van der Waals surface area contributed by atoms with E-state index >= 15 is 0 Å². The average molecular weight is 373 g/mol. The number of hydrogen-bond donors (Lipinski definition) is 2. The Bertz CT molecular complexity index is 968. The van der Waals surface area contributed by atoms with Crippen LogP contribution in [0.15, 0.2) is 40.3 Å². The molecule has 0 atom stereocenters. The van der Waals surface area contributed by atoms with Crippen LogP contribution in [0.2, 0.25) is 0 Å². The summed E-state index contributed by atoms with van der Waals surface area (Å²) in [7, 11) is 1.57. The average Bonchev–Trinajstić information content (AvgIpc) is 2.97. The van der Waals surface area contributed by atoms with Crippen molar-refractivity contribution in [3.05, 3.63) is 46.5 Å². The summed E-state index contributed by atoms with van der Waals surface area (Å²) in [5, 5.41) is 7.38. The number of thioether (sulfide) groups is 1. The van der Waals surface area contributed by atoms with Crippen molar-refractivity contribution in [1.29, 1.82) is 0 Å². The van der Waals surface area contributed by atoms with Crippen molar-refractivity contribution in [2.75, 3.05) is 26.0 Å². The molecule has 0 aliphatic rings. The SMILES string of the molecule is COCCNC(=O)CSc1nc2c(-c3ccccc3)c(C)nn2c(=O)[nH]1. The first kappa shape index (κ1) is 18.2. The molecule has 2 N–H and O–H groups in total. The number of methoxy groups -OCH3 is 1. The minimum Gasteiger partial charge on any atom is -0.383 e. The minimum atomic E-state index is -0.387. The van der Waals surface area contributed by atoms with Gasteiger partial charge in [-0.15, -0.1) is 0 Å². The Hall–Kier alpha value is -2.65. The summed E-state index contributed by atoms with van der Waals surface area (Å²) >= 11 is 1.17. The first-order valence-corrected chi connectivity index (χ1v) is 9.02. The number of benzene rings is 1. The van der Waals surface area contributed by atoms with Crippen LogP contribution in [-0.2, 0) is 9.53 Å². The molecule has 3 rings (SSSR count). The monoisotopic (exact) mass is 373 g/mol. The van der Waals surface area contributed by atoms with Gasteiger partial charge in [0.25, 0.3) is 0 Å². The van der Waals surface area contributed by atoms with E-state index in [2.05, 4.69) is 20.4 Å². The highest BCUT2D eigenvalue weighted by Gasteiger charge is 2.16. The van der Waals surface area contributed by atoms with E-state index in [4.69, 9.17) is 4.74 Å². The molecule has 0 spiro atoms. The number of ether oxygens (including phenoxy) is 1. The van der Waals surface area contributed by atoms with Gasteiger partial charge in [-0.05, 0) is 12.5 Å². The number of carbonyl (C=O) groups is 1. The largest absolute Gasteiger partial charge is 0.383 e. The van der Waals surface area contributed by atoms with Crippen molar-refractivity contribution in [1.82, 2.24) is 24.9 Å². The van der Waals surface area contributed by atoms with Gasteiger partial charge in [0.15, 0.2) is 10.8 Å². The molecule has 2 aromatic heterocycles. The lowest BCUT2D eigenvalue weighted by molar-refractivity contribution is -0.118. The third-order valence-electron chi connectivity index (χ3n) is 3.68. The van der Waals surface area contributed by atoms with Crippen molar-refractivity contribution < 1.29 is 9.53 Å². The first-order chi connectivity index (χ1) is 12.6. The van der Waals surface area contributed by atoms with Gasteiger partial charge >= 0.3 is 5.69 Å². The lowest BCUT2D eigenvalue weighted by Gasteiger charge is -2.05. The maximum absolute atomic E-state index is 12.3. The second-order valence-corrected chi connectivity index (χ2v) is 6.50. The van der Waals surface area contributed by atoms with Gasteiger partial charge in [-0.25, -0.2) is 9.78 Å².